The Hall–Kier alpha value is -1.68. The maximum atomic E-state index is 9.14. The second kappa shape index (κ2) is 5.42. The molecule has 1 aromatic heterocycles. The molecule has 86 valence electrons. The molecule has 1 rings (SSSR count). The number of aliphatic hydroxyl groups excluding tert-OH is 1. The molecule has 1 heterocycles. The monoisotopic (exact) mass is 220 g/mol. The summed E-state index contributed by atoms with van der Waals surface area (Å²) in [6.45, 7) is 11.1. The molecule has 16 heavy (non-hydrogen) atoms. The Morgan fingerprint density at radius 2 is 2.12 bits per heavy atom. The third-order valence-corrected chi connectivity index (χ3v) is 2.16. The minimum absolute atomic E-state index is 0.135. The van der Waals surface area contributed by atoms with Gasteiger partial charge in [-0.1, -0.05) is 44.3 Å². The fourth-order valence-corrected chi connectivity index (χ4v) is 1.19. The number of hydrogen-bond donors (Lipinski definition) is 1. The normalized spacial score (nSPS) is 12.5. The van der Waals surface area contributed by atoms with E-state index in [0.29, 0.717) is 22.9 Å². The largest absolute Gasteiger partial charge is 0.392 e. The van der Waals surface area contributed by atoms with Crippen molar-refractivity contribution in [1.82, 2.24) is 10.1 Å². The third kappa shape index (κ3) is 2.46. The lowest BCUT2D eigenvalue weighted by molar-refractivity contribution is 0.334. The van der Waals surface area contributed by atoms with Crippen LogP contribution < -0.4 is 0 Å². The van der Waals surface area contributed by atoms with Crippen molar-refractivity contribution in [3.05, 3.63) is 42.6 Å². The molecule has 0 aromatic carbocycles. The third-order valence-electron chi connectivity index (χ3n) is 2.16. The van der Waals surface area contributed by atoms with E-state index in [1.165, 1.54) is 0 Å². The molecule has 0 saturated heterocycles. The summed E-state index contributed by atoms with van der Waals surface area (Å²) in [5.41, 5.74) is 1.24. The van der Waals surface area contributed by atoms with E-state index in [9.17, 15) is 0 Å². The first-order valence-corrected chi connectivity index (χ1v) is 5.06. The second-order valence-electron chi connectivity index (χ2n) is 3.62. The average molecular weight is 220 g/mol. The van der Waals surface area contributed by atoms with Crippen LogP contribution in [0.1, 0.15) is 31.5 Å². The summed E-state index contributed by atoms with van der Waals surface area (Å²) in [7, 11) is 0. The molecular weight excluding hydrogens is 204 g/mol. The first-order valence-electron chi connectivity index (χ1n) is 5.06. The van der Waals surface area contributed by atoms with Gasteiger partial charge in [0.1, 0.15) is 0 Å². The Morgan fingerprint density at radius 3 is 2.50 bits per heavy atom. The molecule has 0 aliphatic rings. The minimum atomic E-state index is -0.135. The van der Waals surface area contributed by atoms with Crippen molar-refractivity contribution in [3.63, 3.8) is 0 Å². The van der Waals surface area contributed by atoms with Crippen LogP contribution in [0.2, 0.25) is 0 Å². The highest BCUT2D eigenvalue weighted by Crippen LogP contribution is 2.20. The highest BCUT2D eigenvalue weighted by molar-refractivity contribution is 5.73. The minimum Gasteiger partial charge on any atom is -0.392 e. The highest BCUT2D eigenvalue weighted by Gasteiger charge is 2.13. The fraction of sp³-hybridized carbons (Fsp3) is 0.333. The number of aromatic nitrogens is 2. The maximum Gasteiger partial charge on any atom is 0.258 e. The summed E-state index contributed by atoms with van der Waals surface area (Å²) in [6.07, 6.45) is 3.13. The molecular formula is C12H16N2O2. The predicted octanol–water partition coefficient (Wildman–Crippen LogP) is 2.31. The summed E-state index contributed by atoms with van der Waals surface area (Å²) < 4.78 is 5.11. The quantitative estimate of drug-likeness (QED) is 0.773. The van der Waals surface area contributed by atoms with Crippen LogP contribution in [0.5, 0.6) is 0 Å². The summed E-state index contributed by atoms with van der Waals surface area (Å²) in [6, 6.07) is 0. The number of rotatable bonds is 5. The zero-order valence-electron chi connectivity index (χ0n) is 9.60. The van der Waals surface area contributed by atoms with Crippen LogP contribution in [0.25, 0.3) is 5.57 Å². The van der Waals surface area contributed by atoms with Gasteiger partial charge >= 0.3 is 0 Å². The smallest absolute Gasteiger partial charge is 0.258 e. The van der Waals surface area contributed by atoms with Gasteiger partial charge in [-0.25, -0.2) is 0 Å². The van der Waals surface area contributed by atoms with Gasteiger partial charge in [-0.2, -0.15) is 4.98 Å². The molecule has 0 bridgehead atoms. The van der Waals surface area contributed by atoms with E-state index in [2.05, 4.69) is 23.3 Å². The first kappa shape index (κ1) is 12.4. The van der Waals surface area contributed by atoms with E-state index < -0.39 is 0 Å². The molecule has 0 saturated carbocycles. The average Bonchev–Trinajstić information content (AvgIpc) is 2.74. The Kier molecular flexibility index (Phi) is 4.19. The van der Waals surface area contributed by atoms with Crippen LogP contribution in [0, 0.1) is 0 Å². The van der Waals surface area contributed by atoms with E-state index in [1.54, 1.807) is 12.2 Å². The van der Waals surface area contributed by atoms with Crippen molar-refractivity contribution >= 4 is 5.57 Å². The van der Waals surface area contributed by atoms with Gasteiger partial charge in [-0.05, 0) is 5.57 Å². The van der Waals surface area contributed by atoms with Crippen molar-refractivity contribution < 1.29 is 9.63 Å². The molecule has 0 amide bonds. The van der Waals surface area contributed by atoms with Gasteiger partial charge < -0.3 is 9.63 Å². The van der Waals surface area contributed by atoms with Gasteiger partial charge in [0.15, 0.2) is 5.82 Å². The van der Waals surface area contributed by atoms with Crippen LogP contribution in [-0.4, -0.2) is 21.9 Å². The lowest BCUT2D eigenvalue weighted by Crippen LogP contribution is -1.94. The van der Waals surface area contributed by atoms with Crippen molar-refractivity contribution in [2.24, 2.45) is 0 Å². The summed E-state index contributed by atoms with van der Waals surface area (Å²) in [4.78, 5) is 4.23. The van der Waals surface area contributed by atoms with Gasteiger partial charge in [0.25, 0.3) is 5.89 Å². The molecule has 0 atom stereocenters. The fourth-order valence-electron chi connectivity index (χ4n) is 1.19. The lowest BCUT2D eigenvalue weighted by atomic mass is 10.1. The lowest BCUT2D eigenvalue weighted by Gasteiger charge is -2.00. The van der Waals surface area contributed by atoms with E-state index in [-0.39, 0.29) is 12.5 Å². The van der Waals surface area contributed by atoms with Gasteiger partial charge in [0.05, 0.1) is 6.61 Å². The molecule has 0 aliphatic carbocycles. The zero-order valence-corrected chi connectivity index (χ0v) is 9.60. The molecule has 0 spiro atoms. The van der Waals surface area contributed by atoms with Crippen molar-refractivity contribution in [1.29, 1.82) is 0 Å². The molecule has 0 aliphatic heterocycles. The highest BCUT2D eigenvalue weighted by atomic mass is 16.5. The Morgan fingerprint density at radius 1 is 1.44 bits per heavy atom. The SMILES string of the molecule is C=C/C(CO)=C(\C=C)c1nc(C(C)C)no1. The summed E-state index contributed by atoms with van der Waals surface area (Å²) in [5, 5.41) is 13.0. The Balaban J connectivity index is 3.18. The number of allylic oxidation sites excluding steroid dienone is 2. The van der Waals surface area contributed by atoms with E-state index in [1.807, 2.05) is 13.8 Å². The van der Waals surface area contributed by atoms with Crippen molar-refractivity contribution in [2.75, 3.05) is 6.61 Å². The molecule has 0 unspecified atom stereocenters. The predicted molar refractivity (Wildman–Crippen MR) is 62.8 cm³/mol. The number of aliphatic hydroxyl groups is 1. The molecule has 0 radical (unpaired) electrons. The van der Waals surface area contributed by atoms with Crippen LogP contribution in [0.3, 0.4) is 0 Å². The van der Waals surface area contributed by atoms with Gasteiger partial charge in [0, 0.05) is 11.5 Å². The van der Waals surface area contributed by atoms with Gasteiger partial charge in [0.2, 0.25) is 0 Å². The van der Waals surface area contributed by atoms with E-state index in [4.69, 9.17) is 9.63 Å². The maximum absolute atomic E-state index is 9.14. The van der Waals surface area contributed by atoms with Crippen LogP contribution in [0.4, 0.5) is 0 Å². The van der Waals surface area contributed by atoms with Gasteiger partial charge in [-0.15, -0.1) is 0 Å². The molecule has 1 N–H and O–H groups in total. The Labute approximate surface area is 95.0 Å². The molecule has 4 nitrogen and oxygen atoms in total. The summed E-state index contributed by atoms with van der Waals surface area (Å²) >= 11 is 0. The van der Waals surface area contributed by atoms with Crippen LogP contribution >= 0.6 is 0 Å². The van der Waals surface area contributed by atoms with Gasteiger partial charge in [-0.3, -0.25) is 0 Å². The summed E-state index contributed by atoms with van der Waals surface area (Å²) in [5.74, 6) is 1.20. The molecule has 0 fully saturated rings. The first-order chi connectivity index (χ1) is 7.63. The van der Waals surface area contributed by atoms with Crippen molar-refractivity contribution in [3.8, 4) is 0 Å². The second-order valence-corrected chi connectivity index (χ2v) is 3.62. The molecule has 1 aromatic rings. The van der Waals surface area contributed by atoms with Crippen molar-refractivity contribution in [2.45, 2.75) is 19.8 Å². The number of hydrogen-bond acceptors (Lipinski definition) is 4. The number of nitrogens with zero attached hydrogens (tertiary/aromatic N) is 2. The molecule has 4 heteroatoms. The van der Waals surface area contributed by atoms with Crippen LogP contribution in [0.15, 0.2) is 35.4 Å². The topological polar surface area (TPSA) is 59.2 Å². The van der Waals surface area contributed by atoms with E-state index >= 15 is 0 Å². The Bertz CT molecular complexity index is 416. The standard InChI is InChI=1S/C12H16N2O2/c1-5-9(7-15)10(6-2)12-13-11(8(3)4)14-16-12/h5-6,8,15H,1-2,7H2,3-4H3/b10-9-. The zero-order chi connectivity index (χ0) is 12.1. The van der Waals surface area contributed by atoms with Crippen LogP contribution in [-0.2, 0) is 0 Å². The van der Waals surface area contributed by atoms with E-state index in [0.717, 1.165) is 0 Å².